The Balaban J connectivity index is 3.68. The summed E-state index contributed by atoms with van der Waals surface area (Å²) in [4.78, 5) is 14.1. The predicted molar refractivity (Wildman–Crippen MR) is 45.4 cm³/mol. The van der Waals surface area contributed by atoms with E-state index in [9.17, 15) is 4.79 Å². The maximum atomic E-state index is 10.4. The van der Waals surface area contributed by atoms with Gasteiger partial charge in [-0.25, -0.2) is 0 Å². The largest absolute Gasteiger partial charge is 0.401 e. The Kier molecular flexibility index (Phi) is 4.81. The summed E-state index contributed by atoms with van der Waals surface area (Å²) in [6.07, 6.45) is 3.23. The topological polar surface area (TPSA) is 67.5 Å². The van der Waals surface area contributed by atoms with Crippen LogP contribution in [-0.2, 0) is 4.79 Å². The fraction of sp³-hybridized carbons (Fsp3) is 0.429. The first kappa shape index (κ1) is 9.68. The molecular formula is C7H13N3O. The number of rotatable bonds is 3. The zero-order chi connectivity index (χ0) is 8.69. The van der Waals surface area contributed by atoms with Crippen molar-refractivity contribution in [2.45, 2.75) is 6.92 Å². The number of hydrogen-bond donors (Lipinski definition) is 2. The molecule has 0 unspecified atom stereocenters. The van der Waals surface area contributed by atoms with Crippen molar-refractivity contribution < 1.29 is 4.79 Å². The standard InChI is InChI=1S/C7H13N3O/c1-6(11)10-5-7(8)3-4-9-2/h3-4H,5,8H2,1-2H3,(H,10,11)/b7-3-,9-4?. The third kappa shape index (κ3) is 6.57. The van der Waals surface area contributed by atoms with Crippen LogP contribution in [0.1, 0.15) is 6.92 Å². The Bertz CT molecular complexity index is 184. The number of allylic oxidation sites excluding steroid dienone is 1. The minimum atomic E-state index is -0.0882. The molecule has 0 saturated carbocycles. The summed E-state index contributed by atoms with van der Waals surface area (Å²) in [6.45, 7) is 1.82. The van der Waals surface area contributed by atoms with Crippen LogP contribution in [0.15, 0.2) is 16.8 Å². The van der Waals surface area contributed by atoms with Crippen LogP contribution < -0.4 is 11.1 Å². The number of carbonyl (C=O) groups is 1. The molecule has 4 heteroatoms. The molecular weight excluding hydrogens is 142 g/mol. The molecule has 0 aliphatic carbocycles. The zero-order valence-corrected chi connectivity index (χ0v) is 6.79. The van der Waals surface area contributed by atoms with Crippen molar-refractivity contribution in [2.24, 2.45) is 10.7 Å². The maximum absolute atomic E-state index is 10.4. The van der Waals surface area contributed by atoms with Crippen LogP contribution in [0, 0.1) is 0 Å². The molecule has 0 aliphatic rings. The Hall–Kier alpha value is -1.32. The van der Waals surface area contributed by atoms with Crippen LogP contribution in [0.4, 0.5) is 0 Å². The molecule has 0 rings (SSSR count). The summed E-state index contributed by atoms with van der Waals surface area (Å²) in [5.74, 6) is -0.0882. The van der Waals surface area contributed by atoms with E-state index in [0.717, 1.165) is 0 Å². The number of nitrogens with two attached hydrogens (primary N) is 1. The van der Waals surface area contributed by atoms with Crippen LogP contribution in [0.3, 0.4) is 0 Å². The Morgan fingerprint density at radius 3 is 2.82 bits per heavy atom. The zero-order valence-electron chi connectivity index (χ0n) is 6.79. The molecule has 0 aliphatic heterocycles. The van der Waals surface area contributed by atoms with Crippen molar-refractivity contribution >= 4 is 12.1 Å². The smallest absolute Gasteiger partial charge is 0.217 e. The minimum absolute atomic E-state index is 0.0882. The van der Waals surface area contributed by atoms with E-state index in [4.69, 9.17) is 5.73 Å². The lowest BCUT2D eigenvalue weighted by molar-refractivity contribution is -0.118. The first-order valence-corrected chi connectivity index (χ1v) is 3.28. The predicted octanol–water partition coefficient (Wildman–Crippen LogP) is -0.334. The van der Waals surface area contributed by atoms with Gasteiger partial charge in [-0.05, 0) is 6.08 Å². The van der Waals surface area contributed by atoms with Gasteiger partial charge in [0.25, 0.3) is 0 Å². The average Bonchev–Trinajstić information content (AvgIpc) is 1.97. The van der Waals surface area contributed by atoms with Crippen LogP contribution in [0.5, 0.6) is 0 Å². The number of carbonyl (C=O) groups excluding carboxylic acids is 1. The lowest BCUT2D eigenvalue weighted by Gasteiger charge is -1.99. The number of aliphatic imine (C=N–C) groups is 1. The van der Waals surface area contributed by atoms with Gasteiger partial charge in [-0.15, -0.1) is 0 Å². The highest BCUT2D eigenvalue weighted by Crippen LogP contribution is 1.77. The van der Waals surface area contributed by atoms with Gasteiger partial charge in [-0.3, -0.25) is 9.79 Å². The summed E-state index contributed by atoms with van der Waals surface area (Å²) < 4.78 is 0. The van der Waals surface area contributed by atoms with Gasteiger partial charge in [0.15, 0.2) is 0 Å². The molecule has 0 fully saturated rings. The highest BCUT2D eigenvalue weighted by molar-refractivity contribution is 5.74. The fourth-order valence-electron chi connectivity index (χ4n) is 0.456. The molecule has 0 saturated heterocycles. The third-order valence-electron chi connectivity index (χ3n) is 0.979. The molecule has 11 heavy (non-hydrogen) atoms. The number of nitrogens with zero attached hydrogens (tertiary/aromatic N) is 1. The van der Waals surface area contributed by atoms with Crippen LogP contribution in [0.2, 0.25) is 0 Å². The molecule has 0 aromatic rings. The summed E-state index contributed by atoms with van der Waals surface area (Å²) in [6, 6.07) is 0. The van der Waals surface area contributed by atoms with Crippen LogP contribution in [0.25, 0.3) is 0 Å². The number of nitrogens with one attached hydrogen (secondary N) is 1. The summed E-state index contributed by atoms with van der Waals surface area (Å²) in [5, 5.41) is 2.56. The lowest BCUT2D eigenvalue weighted by atomic mass is 10.4. The molecule has 0 radical (unpaired) electrons. The first-order valence-electron chi connectivity index (χ1n) is 3.28. The Morgan fingerprint density at radius 2 is 2.36 bits per heavy atom. The van der Waals surface area contributed by atoms with E-state index in [1.54, 1.807) is 19.3 Å². The second kappa shape index (κ2) is 5.46. The second-order valence-electron chi connectivity index (χ2n) is 2.06. The molecule has 0 aromatic carbocycles. The van der Waals surface area contributed by atoms with Crippen molar-refractivity contribution in [3.8, 4) is 0 Å². The quantitative estimate of drug-likeness (QED) is 0.548. The fourth-order valence-corrected chi connectivity index (χ4v) is 0.456. The molecule has 0 aromatic heterocycles. The van der Waals surface area contributed by atoms with Crippen molar-refractivity contribution in [1.29, 1.82) is 0 Å². The van der Waals surface area contributed by atoms with E-state index in [1.807, 2.05) is 0 Å². The van der Waals surface area contributed by atoms with Gasteiger partial charge in [0.1, 0.15) is 0 Å². The third-order valence-corrected chi connectivity index (χ3v) is 0.979. The summed E-state index contributed by atoms with van der Waals surface area (Å²) in [7, 11) is 1.65. The number of hydrogen-bond acceptors (Lipinski definition) is 3. The molecule has 4 nitrogen and oxygen atoms in total. The van der Waals surface area contributed by atoms with Gasteiger partial charge >= 0.3 is 0 Å². The van der Waals surface area contributed by atoms with Crippen LogP contribution in [-0.4, -0.2) is 25.7 Å². The van der Waals surface area contributed by atoms with Crippen molar-refractivity contribution in [3.05, 3.63) is 11.8 Å². The van der Waals surface area contributed by atoms with E-state index in [0.29, 0.717) is 12.2 Å². The highest BCUT2D eigenvalue weighted by Gasteiger charge is 1.90. The van der Waals surface area contributed by atoms with Gasteiger partial charge in [-0.1, -0.05) is 0 Å². The first-order chi connectivity index (χ1) is 5.16. The normalized spacial score (nSPS) is 12.0. The van der Waals surface area contributed by atoms with Gasteiger partial charge in [-0.2, -0.15) is 0 Å². The van der Waals surface area contributed by atoms with E-state index >= 15 is 0 Å². The Labute approximate surface area is 66.2 Å². The lowest BCUT2D eigenvalue weighted by Crippen LogP contribution is -2.25. The van der Waals surface area contributed by atoms with Gasteiger partial charge in [0, 0.05) is 25.9 Å². The van der Waals surface area contributed by atoms with Crippen molar-refractivity contribution in [2.75, 3.05) is 13.6 Å². The van der Waals surface area contributed by atoms with E-state index in [2.05, 4.69) is 10.3 Å². The van der Waals surface area contributed by atoms with Crippen LogP contribution >= 0.6 is 0 Å². The van der Waals surface area contributed by atoms with Crippen molar-refractivity contribution in [1.82, 2.24) is 5.32 Å². The molecule has 3 N–H and O–H groups in total. The second-order valence-corrected chi connectivity index (χ2v) is 2.06. The van der Waals surface area contributed by atoms with E-state index in [1.165, 1.54) is 6.92 Å². The SMILES string of the molecule is CN=C/C=C(\N)CNC(C)=O. The molecule has 0 bridgehead atoms. The molecule has 1 amide bonds. The Morgan fingerprint density at radius 1 is 1.73 bits per heavy atom. The average molecular weight is 155 g/mol. The van der Waals surface area contributed by atoms with Crippen molar-refractivity contribution in [3.63, 3.8) is 0 Å². The monoisotopic (exact) mass is 155 g/mol. The van der Waals surface area contributed by atoms with Gasteiger partial charge < -0.3 is 11.1 Å². The highest BCUT2D eigenvalue weighted by atomic mass is 16.1. The molecule has 0 atom stereocenters. The van der Waals surface area contributed by atoms with E-state index < -0.39 is 0 Å². The van der Waals surface area contributed by atoms with Gasteiger partial charge in [0.05, 0.1) is 6.54 Å². The molecule has 0 heterocycles. The summed E-state index contributed by atoms with van der Waals surface area (Å²) >= 11 is 0. The molecule has 0 spiro atoms. The van der Waals surface area contributed by atoms with E-state index in [-0.39, 0.29) is 5.91 Å². The molecule has 62 valence electrons. The summed E-state index contributed by atoms with van der Waals surface area (Å²) in [5.41, 5.74) is 6.05. The van der Waals surface area contributed by atoms with Gasteiger partial charge in [0.2, 0.25) is 5.91 Å². The maximum Gasteiger partial charge on any atom is 0.217 e. The number of amides is 1. The minimum Gasteiger partial charge on any atom is -0.401 e.